The second-order valence-corrected chi connectivity index (χ2v) is 5.51. The molecule has 1 aliphatic carbocycles. The van der Waals surface area contributed by atoms with Crippen molar-refractivity contribution in [2.45, 2.75) is 31.9 Å². The maximum absolute atomic E-state index is 12.4. The Bertz CT molecular complexity index is 620. The van der Waals surface area contributed by atoms with E-state index in [2.05, 4.69) is 5.32 Å². The molecule has 0 aliphatic heterocycles. The van der Waals surface area contributed by atoms with Crippen LogP contribution in [0.1, 0.15) is 30.1 Å². The summed E-state index contributed by atoms with van der Waals surface area (Å²) in [4.78, 5) is 12.4. The number of benzene rings is 2. The van der Waals surface area contributed by atoms with Crippen LogP contribution in [0.15, 0.2) is 54.6 Å². The molecule has 1 saturated carbocycles. The number of carbonyl (C=O) groups excluding carboxylic acids is 1. The van der Waals surface area contributed by atoms with Crippen LogP contribution >= 0.6 is 0 Å². The molecule has 0 spiro atoms. The van der Waals surface area contributed by atoms with Gasteiger partial charge in [-0.3, -0.25) is 4.79 Å². The van der Waals surface area contributed by atoms with Crippen LogP contribution < -0.4 is 10.1 Å². The Balaban J connectivity index is 1.82. The second kappa shape index (κ2) is 6.00. The first kappa shape index (κ1) is 13.7. The average Bonchev–Trinajstić information content (AvgIpc) is 3.29. The first-order valence-electron chi connectivity index (χ1n) is 7.31. The van der Waals surface area contributed by atoms with Gasteiger partial charge in [-0.05, 0) is 37.5 Å². The molecular weight excluding hydrogens is 262 g/mol. The summed E-state index contributed by atoms with van der Waals surface area (Å²) in [5, 5.41) is 3.02. The number of aryl methyl sites for hydroxylation is 1. The third-order valence-electron chi connectivity index (χ3n) is 3.51. The molecule has 1 aliphatic rings. The number of hydrogen-bond donors (Lipinski definition) is 1. The van der Waals surface area contributed by atoms with Crippen molar-refractivity contribution in [2.24, 2.45) is 0 Å². The highest BCUT2D eigenvalue weighted by Gasteiger charge is 2.29. The van der Waals surface area contributed by atoms with Crippen LogP contribution in [-0.4, -0.2) is 11.9 Å². The van der Waals surface area contributed by atoms with Crippen LogP contribution in [0.25, 0.3) is 0 Å². The van der Waals surface area contributed by atoms with Gasteiger partial charge in [0.1, 0.15) is 5.75 Å². The molecule has 0 aromatic heterocycles. The quantitative estimate of drug-likeness (QED) is 0.912. The van der Waals surface area contributed by atoms with E-state index >= 15 is 0 Å². The fraction of sp³-hybridized carbons (Fsp3) is 0.278. The van der Waals surface area contributed by atoms with E-state index < -0.39 is 6.10 Å². The molecule has 3 nitrogen and oxygen atoms in total. The van der Waals surface area contributed by atoms with Crippen molar-refractivity contribution in [2.75, 3.05) is 0 Å². The Kier molecular flexibility index (Phi) is 3.91. The number of rotatable bonds is 5. The predicted molar refractivity (Wildman–Crippen MR) is 82.2 cm³/mol. The summed E-state index contributed by atoms with van der Waals surface area (Å²) in [5.41, 5.74) is 1.99. The van der Waals surface area contributed by atoms with Crippen molar-refractivity contribution >= 4 is 5.91 Å². The zero-order chi connectivity index (χ0) is 14.7. The highest BCUT2D eigenvalue weighted by atomic mass is 16.5. The lowest BCUT2D eigenvalue weighted by Crippen LogP contribution is -2.33. The third-order valence-corrected chi connectivity index (χ3v) is 3.51. The lowest BCUT2D eigenvalue weighted by molar-refractivity contribution is -0.128. The molecule has 2 aromatic carbocycles. The molecule has 0 saturated heterocycles. The van der Waals surface area contributed by atoms with Gasteiger partial charge in [0.05, 0.1) is 0 Å². The molecule has 1 fully saturated rings. The van der Waals surface area contributed by atoms with E-state index in [4.69, 9.17) is 4.74 Å². The minimum atomic E-state index is -0.603. The molecule has 1 N–H and O–H groups in total. The van der Waals surface area contributed by atoms with E-state index in [1.807, 2.05) is 61.5 Å². The number of ether oxygens (including phenoxy) is 1. The van der Waals surface area contributed by atoms with Gasteiger partial charge in [0.25, 0.3) is 5.91 Å². The Labute approximate surface area is 124 Å². The number of hydrogen-bond acceptors (Lipinski definition) is 2. The summed E-state index contributed by atoms with van der Waals surface area (Å²) in [6, 6.07) is 17.7. The van der Waals surface area contributed by atoms with Crippen molar-refractivity contribution in [1.29, 1.82) is 0 Å². The number of nitrogens with one attached hydrogen (secondary N) is 1. The van der Waals surface area contributed by atoms with Gasteiger partial charge in [-0.2, -0.15) is 0 Å². The summed E-state index contributed by atoms with van der Waals surface area (Å²) < 4.78 is 5.96. The normalized spacial score (nSPS) is 15.3. The van der Waals surface area contributed by atoms with Crippen LogP contribution in [0.5, 0.6) is 5.75 Å². The van der Waals surface area contributed by atoms with E-state index in [0.717, 1.165) is 29.7 Å². The molecule has 108 valence electrons. The van der Waals surface area contributed by atoms with Crippen molar-refractivity contribution in [1.82, 2.24) is 5.32 Å². The largest absolute Gasteiger partial charge is 0.476 e. The fourth-order valence-corrected chi connectivity index (χ4v) is 2.23. The molecule has 0 unspecified atom stereocenters. The lowest BCUT2D eigenvalue weighted by atomic mass is 10.1. The average molecular weight is 281 g/mol. The van der Waals surface area contributed by atoms with Crippen molar-refractivity contribution in [3.05, 3.63) is 65.7 Å². The maximum Gasteiger partial charge on any atom is 0.266 e. The van der Waals surface area contributed by atoms with Gasteiger partial charge in [-0.15, -0.1) is 0 Å². The fourth-order valence-electron chi connectivity index (χ4n) is 2.23. The van der Waals surface area contributed by atoms with E-state index in [1.54, 1.807) is 0 Å². The Morgan fingerprint density at radius 3 is 2.57 bits per heavy atom. The zero-order valence-corrected chi connectivity index (χ0v) is 12.1. The molecule has 3 heteroatoms. The third kappa shape index (κ3) is 3.63. The van der Waals surface area contributed by atoms with Crippen molar-refractivity contribution in [3.63, 3.8) is 0 Å². The van der Waals surface area contributed by atoms with Crippen molar-refractivity contribution < 1.29 is 9.53 Å². The summed E-state index contributed by atoms with van der Waals surface area (Å²) in [6.07, 6.45) is 1.53. The highest BCUT2D eigenvalue weighted by molar-refractivity contribution is 5.83. The van der Waals surface area contributed by atoms with E-state index in [-0.39, 0.29) is 5.91 Å². The minimum absolute atomic E-state index is 0.0646. The minimum Gasteiger partial charge on any atom is -0.476 e. The van der Waals surface area contributed by atoms with E-state index in [9.17, 15) is 4.79 Å². The van der Waals surface area contributed by atoms with Crippen molar-refractivity contribution in [3.8, 4) is 5.75 Å². The van der Waals surface area contributed by atoms with Crippen LogP contribution in [0.2, 0.25) is 0 Å². The van der Waals surface area contributed by atoms with Crippen LogP contribution in [-0.2, 0) is 4.79 Å². The Hall–Kier alpha value is -2.29. The van der Waals surface area contributed by atoms with Crippen LogP contribution in [0.4, 0.5) is 0 Å². The molecule has 1 amide bonds. The van der Waals surface area contributed by atoms with E-state index in [0.29, 0.717) is 6.04 Å². The number of amides is 1. The van der Waals surface area contributed by atoms with Gasteiger partial charge in [-0.25, -0.2) is 0 Å². The van der Waals surface area contributed by atoms with Gasteiger partial charge in [0, 0.05) is 11.6 Å². The molecule has 2 aromatic rings. The second-order valence-electron chi connectivity index (χ2n) is 5.51. The standard InChI is InChI=1S/C18H19NO2/c1-13-6-5-9-16(12-13)21-17(14-7-3-2-4-8-14)18(20)19-15-10-11-15/h2-9,12,15,17H,10-11H2,1H3,(H,19,20)/t17-/m0/s1. The SMILES string of the molecule is Cc1cccc(O[C@H](C(=O)NC2CC2)c2ccccc2)c1. The van der Waals surface area contributed by atoms with Crippen LogP contribution in [0, 0.1) is 6.92 Å². The van der Waals surface area contributed by atoms with Gasteiger partial charge < -0.3 is 10.1 Å². The van der Waals surface area contributed by atoms with Gasteiger partial charge in [0.15, 0.2) is 0 Å². The zero-order valence-electron chi connectivity index (χ0n) is 12.1. The monoisotopic (exact) mass is 281 g/mol. The molecule has 0 bridgehead atoms. The molecule has 0 radical (unpaired) electrons. The molecular formula is C18H19NO2. The Morgan fingerprint density at radius 2 is 1.90 bits per heavy atom. The molecule has 3 rings (SSSR count). The van der Waals surface area contributed by atoms with Gasteiger partial charge in [0.2, 0.25) is 6.10 Å². The molecule has 0 heterocycles. The highest BCUT2D eigenvalue weighted by Crippen LogP contribution is 2.25. The Morgan fingerprint density at radius 1 is 1.14 bits per heavy atom. The smallest absolute Gasteiger partial charge is 0.266 e. The van der Waals surface area contributed by atoms with Crippen LogP contribution in [0.3, 0.4) is 0 Å². The summed E-state index contributed by atoms with van der Waals surface area (Å²) >= 11 is 0. The van der Waals surface area contributed by atoms with E-state index in [1.165, 1.54) is 0 Å². The van der Waals surface area contributed by atoms with Gasteiger partial charge >= 0.3 is 0 Å². The summed E-state index contributed by atoms with van der Waals surface area (Å²) in [5.74, 6) is 0.653. The topological polar surface area (TPSA) is 38.3 Å². The summed E-state index contributed by atoms with van der Waals surface area (Å²) in [7, 11) is 0. The van der Waals surface area contributed by atoms with Gasteiger partial charge in [-0.1, -0.05) is 42.5 Å². The maximum atomic E-state index is 12.4. The first-order chi connectivity index (χ1) is 10.2. The first-order valence-corrected chi connectivity index (χ1v) is 7.31. The predicted octanol–water partition coefficient (Wildman–Crippen LogP) is 3.39. The summed E-state index contributed by atoms with van der Waals surface area (Å²) in [6.45, 7) is 2.01. The number of carbonyl (C=O) groups is 1. The lowest BCUT2D eigenvalue weighted by Gasteiger charge is -2.19. The molecule has 1 atom stereocenters. The molecule has 21 heavy (non-hydrogen) atoms.